The van der Waals surface area contributed by atoms with Gasteiger partial charge in [-0.25, -0.2) is 4.39 Å². The van der Waals surface area contributed by atoms with E-state index < -0.39 is 5.82 Å². The highest BCUT2D eigenvalue weighted by Gasteiger charge is 2.25. The molecule has 1 saturated heterocycles. The number of carbonyl (C=O) groups excluding carboxylic acids is 2. The molecule has 2 aromatic carbocycles. The third kappa shape index (κ3) is 4.45. The van der Waals surface area contributed by atoms with Crippen molar-refractivity contribution in [3.63, 3.8) is 0 Å². The molecule has 5 nitrogen and oxygen atoms in total. The molecule has 0 N–H and O–H groups in total. The van der Waals surface area contributed by atoms with Gasteiger partial charge < -0.3 is 14.5 Å². The van der Waals surface area contributed by atoms with Crippen molar-refractivity contribution in [1.82, 2.24) is 9.80 Å². The van der Waals surface area contributed by atoms with Gasteiger partial charge in [0.2, 0.25) is 5.91 Å². The summed E-state index contributed by atoms with van der Waals surface area (Å²) in [6, 6.07) is 12.1. The molecule has 1 heterocycles. The minimum atomic E-state index is -0.560. The number of rotatable bonds is 4. The number of halogens is 1. The lowest BCUT2D eigenvalue weighted by molar-refractivity contribution is -0.131. The molecule has 0 aromatic heterocycles. The van der Waals surface area contributed by atoms with Crippen LogP contribution in [-0.2, 0) is 11.2 Å². The molecule has 1 aliphatic rings. The number of hydrogen-bond acceptors (Lipinski definition) is 3. The van der Waals surface area contributed by atoms with Crippen LogP contribution in [0.2, 0.25) is 0 Å². The summed E-state index contributed by atoms with van der Waals surface area (Å²) in [7, 11) is 1.38. The van der Waals surface area contributed by atoms with Gasteiger partial charge in [-0.2, -0.15) is 0 Å². The first kappa shape index (κ1) is 18.9. The lowest BCUT2D eigenvalue weighted by Gasteiger charge is -2.35. The normalized spacial score (nSPS) is 14.2. The molecule has 0 spiro atoms. The second-order valence-electron chi connectivity index (χ2n) is 6.68. The fourth-order valence-corrected chi connectivity index (χ4v) is 3.13. The van der Waals surface area contributed by atoms with Crippen molar-refractivity contribution in [2.24, 2.45) is 0 Å². The number of methoxy groups -OCH3 is 1. The highest BCUT2D eigenvalue weighted by Crippen LogP contribution is 2.19. The van der Waals surface area contributed by atoms with E-state index in [9.17, 15) is 14.0 Å². The SMILES string of the molecule is COc1ccc(C(=O)N2CCN(C(=O)Cc3ccc(C)cc3)CC2)cc1F. The number of nitrogens with zero attached hydrogens (tertiary/aromatic N) is 2. The zero-order valence-electron chi connectivity index (χ0n) is 15.6. The third-order valence-corrected chi connectivity index (χ3v) is 4.79. The van der Waals surface area contributed by atoms with Crippen molar-refractivity contribution in [3.05, 3.63) is 65.0 Å². The highest BCUT2D eigenvalue weighted by atomic mass is 19.1. The topological polar surface area (TPSA) is 49.9 Å². The number of amides is 2. The van der Waals surface area contributed by atoms with Gasteiger partial charge in [0.05, 0.1) is 13.5 Å². The maximum atomic E-state index is 13.8. The smallest absolute Gasteiger partial charge is 0.254 e. The average molecular weight is 370 g/mol. The lowest BCUT2D eigenvalue weighted by atomic mass is 10.1. The Bertz CT molecular complexity index is 828. The monoisotopic (exact) mass is 370 g/mol. The number of ether oxygens (including phenoxy) is 1. The van der Waals surface area contributed by atoms with E-state index in [0.717, 1.165) is 11.1 Å². The van der Waals surface area contributed by atoms with Crippen LogP contribution < -0.4 is 4.74 Å². The molecule has 27 heavy (non-hydrogen) atoms. The van der Waals surface area contributed by atoms with E-state index in [4.69, 9.17) is 4.74 Å². The summed E-state index contributed by atoms with van der Waals surface area (Å²) in [6.07, 6.45) is 0.359. The maximum absolute atomic E-state index is 13.8. The fraction of sp³-hybridized carbons (Fsp3) is 0.333. The van der Waals surface area contributed by atoms with Crippen molar-refractivity contribution in [2.45, 2.75) is 13.3 Å². The summed E-state index contributed by atoms with van der Waals surface area (Å²) in [4.78, 5) is 28.5. The molecule has 6 heteroatoms. The zero-order chi connectivity index (χ0) is 19.4. The van der Waals surface area contributed by atoms with E-state index in [1.807, 2.05) is 31.2 Å². The highest BCUT2D eigenvalue weighted by molar-refractivity contribution is 5.94. The molecule has 1 aliphatic heterocycles. The van der Waals surface area contributed by atoms with Gasteiger partial charge in [0, 0.05) is 31.7 Å². The summed E-state index contributed by atoms with van der Waals surface area (Å²) >= 11 is 0. The summed E-state index contributed by atoms with van der Waals surface area (Å²) < 4.78 is 18.7. The predicted molar refractivity (Wildman–Crippen MR) is 100 cm³/mol. The Labute approximate surface area is 158 Å². The summed E-state index contributed by atoms with van der Waals surface area (Å²) in [5.74, 6) is -0.628. The molecule has 142 valence electrons. The largest absolute Gasteiger partial charge is 0.494 e. The Morgan fingerprint density at radius 1 is 1.00 bits per heavy atom. The van der Waals surface area contributed by atoms with Crippen LogP contribution in [0.1, 0.15) is 21.5 Å². The number of carbonyl (C=O) groups is 2. The first-order valence-corrected chi connectivity index (χ1v) is 8.94. The van der Waals surface area contributed by atoms with E-state index in [2.05, 4.69) is 0 Å². The van der Waals surface area contributed by atoms with Gasteiger partial charge in [0.15, 0.2) is 11.6 Å². The van der Waals surface area contributed by atoms with Crippen LogP contribution >= 0.6 is 0 Å². The Morgan fingerprint density at radius 3 is 2.22 bits per heavy atom. The minimum Gasteiger partial charge on any atom is -0.494 e. The first-order chi connectivity index (χ1) is 13.0. The zero-order valence-corrected chi connectivity index (χ0v) is 15.6. The van der Waals surface area contributed by atoms with Gasteiger partial charge in [0.25, 0.3) is 5.91 Å². The Hall–Kier alpha value is -2.89. The van der Waals surface area contributed by atoms with Crippen LogP contribution in [0.4, 0.5) is 4.39 Å². The number of hydrogen-bond donors (Lipinski definition) is 0. The van der Waals surface area contributed by atoms with Gasteiger partial charge in [-0.05, 0) is 30.7 Å². The van der Waals surface area contributed by atoms with Crippen LogP contribution in [0.15, 0.2) is 42.5 Å². The average Bonchev–Trinajstić information content (AvgIpc) is 2.69. The van der Waals surface area contributed by atoms with E-state index >= 15 is 0 Å². The fourth-order valence-electron chi connectivity index (χ4n) is 3.13. The van der Waals surface area contributed by atoms with Crippen molar-refractivity contribution in [1.29, 1.82) is 0 Å². The standard InChI is InChI=1S/C21H23FN2O3/c1-15-3-5-16(6-4-15)13-20(25)23-9-11-24(12-10-23)21(26)17-7-8-19(27-2)18(22)14-17/h3-8,14H,9-13H2,1-2H3. The Balaban J connectivity index is 1.56. The molecular weight excluding hydrogens is 347 g/mol. The lowest BCUT2D eigenvalue weighted by Crippen LogP contribution is -2.51. The number of aryl methyl sites for hydroxylation is 1. The molecule has 3 rings (SSSR count). The van der Waals surface area contributed by atoms with E-state index in [-0.39, 0.29) is 23.1 Å². The van der Waals surface area contributed by atoms with Gasteiger partial charge in [0.1, 0.15) is 0 Å². The second kappa shape index (κ2) is 8.20. The van der Waals surface area contributed by atoms with Gasteiger partial charge in [-0.15, -0.1) is 0 Å². The van der Waals surface area contributed by atoms with Crippen LogP contribution in [-0.4, -0.2) is 54.9 Å². The minimum absolute atomic E-state index is 0.0569. The van der Waals surface area contributed by atoms with Crippen LogP contribution in [0.25, 0.3) is 0 Å². The molecule has 0 aliphatic carbocycles. The van der Waals surface area contributed by atoms with Gasteiger partial charge >= 0.3 is 0 Å². The van der Waals surface area contributed by atoms with Crippen molar-refractivity contribution < 1.29 is 18.7 Å². The Kier molecular flexibility index (Phi) is 5.74. The number of benzene rings is 2. The summed E-state index contributed by atoms with van der Waals surface area (Å²) in [5, 5.41) is 0. The number of piperazine rings is 1. The molecule has 0 unspecified atom stereocenters. The van der Waals surface area contributed by atoms with Crippen LogP contribution in [0.5, 0.6) is 5.75 Å². The molecule has 0 radical (unpaired) electrons. The molecular formula is C21H23FN2O3. The van der Waals surface area contributed by atoms with Crippen LogP contribution in [0.3, 0.4) is 0 Å². The predicted octanol–water partition coefficient (Wildman–Crippen LogP) is 2.67. The summed E-state index contributed by atoms with van der Waals surface area (Å²) in [5.41, 5.74) is 2.43. The molecule has 0 atom stereocenters. The molecule has 0 saturated carbocycles. The van der Waals surface area contributed by atoms with Crippen molar-refractivity contribution in [3.8, 4) is 5.75 Å². The van der Waals surface area contributed by atoms with E-state index in [1.165, 1.54) is 19.2 Å². The van der Waals surface area contributed by atoms with E-state index in [0.29, 0.717) is 32.6 Å². The second-order valence-corrected chi connectivity index (χ2v) is 6.68. The maximum Gasteiger partial charge on any atom is 0.254 e. The molecule has 0 bridgehead atoms. The summed E-state index contributed by atoms with van der Waals surface area (Å²) in [6.45, 7) is 3.85. The first-order valence-electron chi connectivity index (χ1n) is 8.94. The van der Waals surface area contributed by atoms with Gasteiger partial charge in [-0.3, -0.25) is 9.59 Å². The Morgan fingerprint density at radius 2 is 1.63 bits per heavy atom. The van der Waals surface area contributed by atoms with Crippen LogP contribution in [0, 0.1) is 12.7 Å². The molecule has 2 aromatic rings. The quantitative estimate of drug-likeness (QED) is 0.831. The van der Waals surface area contributed by atoms with Crippen molar-refractivity contribution >= 4 is 11.8 Å². The van der Waals surface area contributed by atoms with Crippen molar-refractivity contribution in [2.75, 3.05) is 33.3 Å². The third-order valence-electron chi connectivity index (χ3n) is 4.79. The van der Waals surface area contributed by atoms with E-state index in [1.54, 1.807) is 15.9 Å². The van der Waals surface area contributed by atoms with Gasteiger partial charge in [-0.1, -0.05) is 29.8 Å². The molecule has 1 fully saturated rings. The molecule has 2 amide bonds.